The van der Waals surface area contributed by atoms with Gasteiger partial charge in [0.25, 0.3) is 0 Å². The normalized spacial score (nSPS) is 10.8. The molecule has 0 aliphatic carbocycles. The molecule has 0 aliphatic heterocycles. The fourth-order valence-corrected chi connectivity index (χ4v) is 5.42. The van der Waals surface area contributed by atoms with Gasteiger partial charge in [-0.2, -0.15) is 5.26 Å². The Morgan fingerprint density at radius 2 is 1.02 bits per heavy atom. The fraction of sp³-hybridized carbons (Fsp3) is 0. The van der Waals surface area contributed by atoms with Crippen LogP contribution in [0.4, 0.5) is 0 Å². The van der Waals surface area contributed by atoms with Crippen LogP contribution < -0.4 is 0 Å². The number of benzene rings is 6. The van der Waals surface area contributed by atoms with E-state index in [2.05, 4.69) is 103 Å². The van der Waals surface area contributed by atoms with Gasteiger partial charge in [0.15, 0.2) is 5.82 Å². The number of nitriles is 1. The van der Waals surface area contributed by atoms with Gasteiger partial charge in [0.1, 0.15) is 0 Å². The second-order valence-electron chi connectivity index (χ2n) is 10.2. The van der Waals surface area contributed by atoms with Crippen molar-refractivity contribution in [1.29, 1.82) is 5.26 Å². The average Bonchev–Trinajstić information content (AvgIpc) is 3.08. The zero-order valence-electron chi connectivity index (χ0n) is 22.8. The molecule has 0 atom stereocenters. The van der Waals surface area contributed by atoms with Gasteiger partial charge in [0.2, 0.25) is 0 Å². The quantitative estimate of drug-likeness (QED) is 0.220. The van der Waals surface area contributed by atoms with E-state index in [0.29, 0.717) is 11.4 Å². The summed E-state index contributed by atoms with van der Waals surface area (Å²) in [5, 5.41) is 11.9. The Labute approximate surface area is 245 Å². The fourth-order valence-electron chi connectivity index (χ4n) is 5.42. The lowest BCUT2D eigenvalue weighted by Gasteiger charge is -2.14. The van der Waals surface area contributed by atoms with Gasteiger partial charge in [-0.05, 0) is 69.4 Å². The van der Waals surface area contributed by atoms with Crippen molar-refractivity contribution in [1.82, 2.24) is 9.97 Å². The molecule has 1 heterocycles. The van der Waals surface area contributed by atoms with Crippen molar-refractivity contribution in [3.63, 3.8) is 0 Å². The smallest absolute Gasteiger partial charge is 0.160 e. The first-order valence-corrected chi connectivity index (χ1v) is 13.9. The Morgan fingerprint density at radius 1 is 0.429 bits per heavy atom. The van der Waals surface area contributed by atoms with E-state index < -0.39 is 0 Å². The van der Waals surface area contributed by atoms with Crippen molar-refractivity contribution in [3.05, 3.63) is 157 Å². The van der Waals surface area contributed by atoms with Crippen LogP contribution in [0.15, 0.2) is 152 Å². The number of rotatable bonds is 5. The Bertz CT molecular complexity index is 2090. The van der Waals surface area contributed by atoms with Gasteiger partial charge >= 0.3 is 0 Å². The molecule has 0 saturated carbocycles. The largest absolute Gasteiger partial charge is 0.228 e. The molecule has 0 N–H and O–H groups in total. The highest BCUT2D eigenvalue weighted by Gasteiger charge is 2.15. The maximum Gasteiger partial charge on any atom is 0.160 e. The SMILES string of the molecule is N#Cc1cccc(-c2cc(-c3ccccc3)nc(-c3cc(-c4ccccc4)cc(-c4cccc5ccccc45)c3)n2)c1. The average molecular weight is 536 g/mol. The highest BCUT2D eigenvalue weighted by molar-refractivity contribution is 5.98. The zero-order valence-corrected chi connectivity index (χ0v) is 22.8. The van der Waals surface area contributed by atoms with E-state index in [-0.39, 0.29) is 0 Å². The van der Waals surface area contributed by atoms with Crippen LogP contribution in [0.5, 0.6) is 0 Å². The lowest BCUT2D eigenvalue weighted by Crippen LogP contribution is -1.97. The number of hydrogen-bond donors (Lipinski definition) is 0. The van der Waals surface area contributed by atoms with Crippen molar-refractivity contribution in [3.8, 4) is 62.2 Å². The summed E-state index contributed by atoms with van der Waals surface area (Å²) in [4.78, 5) is 10.2. The monoisotopic (exact) mass is 535 g/mol. The molecule has 0 unspecified atom stereocenters. The van der Waals surface area contributed by atoms with Crippen LogP contribution in [-0.4, -0.2) is 9.97 Å². The molecule has 1 aromatic heterocycles. The summed E-state index contributed by atoms with van der Waals surface area (Å²) in [5.74, 6) is 0.632. The van der Waals surface area contributed by atoms with Crippen LogP contribution in [0.1, 0.15) is 5.56 Å². The van der Waals surface area contributed by atoms with Crippen LogP contribution in [0.2, 0.25) is 0 Å². The van der Waals surface area contributed by atoms with E-state index in [1.807, 2.05) is 54.6 Å². The van der Waals surface area contributed by atoms with Gasteiger partial charge in [-0.25, -0.2) is 9.97 Å². The Balaban J connectivity index is 1.49. The molecular weight excluding hydrogens is 510 g/mol. The summed E-state index contributed by atoms with van der Waals surface area (Å²) in [5.41, 5.74) is 9.49. The summed E-state index contributed by atoms with van der Waals surface area (Å²) >= 11 is 0. The molecule has 0 saturated heterocycles. The van der Waals surface area contributed by atoms with Crippen molar-refractivity contribution >= 4 is 10.8 Å². The minimum absolute atomic E-state index is 0.596. The molecule has 7 aromatic rings. The molecule has 196 valence electrons. The van der Waals surface area contributed by atoms with E-state index in [1.54, 1.807) is 0 Å². The highest BCUT2D eigenvalue weighted by Crippen LogP contribution is 2.36. The van der Waals surface area contributed by atoms with Crippen molar-refractivity contribution in [2.75, 3.05) is 0 Å². The molecule has 0 aliphatic rings. The number of hydrogen-bond acceptors (Lipinski definition) is 3. The lowest BCUT2D eigenvalue weighted by molar-refractivity contribution is 1.18. The van der Waals surface area contributed by atoms with Crippen LogP contribution in [-0.2, 0) is 0 Å². The molecular formula is C39H25N3. The molecule has 7 rings (SSSR count). The maximum atomic E-state index is 9.54. The third-order valence-corrected chi connectivity index (χ3v) is 7.48. The molecule has 3 nitrogen and oxygen atoms in total. The highest BCUT2D eigenvalue weighted by atomic mass is 14.9. The van der Waals surface area contributed by atoms with Crippen LogP contribution in [0.3, 0.4) is 0 Å². The molecule has 0 bridgehead atoms. The van der Waals surface area contributed by atoms with E-state index in [0.717, 1.165) is 50.3 Å². The van der Waals surface area contributed by atoms with Gasteiger partial charge in [0.05, 0.1) is 23.0 Å². The third kappa shape index (κ3) is 4.94. The Morgan fingerprint density at radius 3 is 1.81 bits per heavy atom. The summed E-state index contributed by atoms with van der Waals surface area (Å²) in [6.45, 7) is 0. The first kappa shape index (κ1) is 25.1. The van der Waals surface area contributed by atoms with Crippen molar-refractivity contribution in [2.24, 2.45) is 0 Å². The van der Waals surface area contributed by atoms with E-state index in [4.69, 9.17) is 9.97 Å². The molecule has 0 radical (unpaired) electrons. The topological polar surface area (TPSA) is 49.6 Å². The minimum Gasteiger partial charge on any atom is -0.228 e. The summed E-state index contributed by atoms with van der Waals surface area (Å²) in [6, 6.07) is 53.9. The third-order valence-electron chi connectivity index (χ3n) is 7.48. The number of fused-ring (bicyclic) bond motifs is 1. The van der Waals surface area contributed by atoms with E-state index in [1.165, 1.54) is 10.8 Å². The van der Waals surface area contributed by atoms with E-state index >= 15 is 0 Å². The molecule has 42 heavy (non-hydrogen) atoms. The van der Waals surface area contributed by atoms with Crippen molar-refractivity contribution < 1.29 is 0 Å². The maximum absolute atomic E-state index is 9.54. The predicted molar refractivity (Wildman–Crippen MR) is 171 cm³/mol. The molecule has 0 amide bonds. The number of nitrogens with zero attached hydrogens (tertiary/aromatic N) is 3. The second-order valence-corrected chi connectivity index (χ2v) is 10.2. The Kier molecular flexibility index (Phi) is 6.56. The Hall–Kier alpha value is -5.85. The van der Waals surface area contributed by atoms with Gasteiger partial charge < -0.3 is 0 Å². The summed E-state index contributed by atoms with van der Waals surface area (Å²) in [6.07, 6.45) is 0. The first-order valence-electron chi connectivity index (χ1n) is 13.9. The van der Waals surface area contributed by atoms with Gasteiger partial charge in [-0.3, -0.25) is 0 Å². The van der Waals surface area contributed by atoms with Gasteiger partial charge in [-0.1, -0.05) is 115 Å². The zero-order chi connectivity index (χ0) is 28.3. The van der Waals surface area contributed by atoms with Crippen LogP contribution in [0.25, 0.3) is 66.9 Å². The van der Waals surface area contributed by atoms with Crippen LogP contribution >= 0.6 is 0 Å². The van der Waals surface area contributed by atoms with E-state index in [9.17, 15) is 5.26 Å². The van der Waals surface area contributed by atoms with Crippen molar-refractivity contribution in [2.45, 2.75) is 0 Å². The first-order chi connectivity index (χ1) is 20.7. The summed E-state index contributed by atoms with van der Waals surface area (Å²) < 4.78 is 0. The standard InChI is InChI=1S/C39H25N3/c40-26-27-11-9-18-31(21-27)38-25-37(30-15-5-2-6-16-30)41-39(42-38)34-23-32(28-12-3-1-4-13-28)22-33(24-34)36-20-10-17-29-14-7-8-19-35(29)36/h1-25H. The minimum atomic E-state index is 0.596. The molecule has 6 aromatic carbocycles. The summed E-state index contributed by atoms with van der Waals surface area (Å²) in [7, 11) is 0. The van der Waals surface area contributed by atoms with Gasteiger partial charge in [0, 0.05) is 16.7 Å². The van der Waals surface area contributed by atoms with Gasteiger partial charge in [-0.15, -0.1) is 0 Å². The second kappa shape index (κ2) is 11.0. The van der Waals surface area contributed by atoms with Crippen LogP contribution in [0, 0.1) is 11.3 Å². The molecule has 0 fully saturated rings. The number of aromatic nitrogens is 2. The predicted octanol–water partition coefficient (Wildman–Crippen LogP) is 9.84. The molecule has 0 spiro atoms. The molecule has 3 heteroatoms. The lowest BCUT2D eigenvalue weighted by atomic mass is 9.93.